The van der Waals surface area contributed by atoms with E-state index in [4.69, 9.17) is 17.0 Å². The maximum Gasteiger partial charge on any atom is 0.269 e. The van der Waals surface area contributed by atoms with Crippen molar-refractivity contribution >= 4 is 23.2 Å². The van der Waals surface area contributed by atoms with Crippen molar-refractivity contribution in [1.29, 1.82) is 0 Å². The molecule has 0 bridgehead atoms. The fourth-order valence-electron chi connectivity index (χ4n) is 3.19. The lowest BCUT2D eigenvalue weighted by Crippen LogP contribution is -2.52. The van der Waals surface area contributed by atoms with Crippen LogP contribution in [0.2, 0.25) is 0 Å². The summed E-state index contributed by atoms with van der Waals surface area (Å²) >= 11 is 5.32. The summed E-state index contributed by atoms with van der Waals surface area (Å²) in [4.78, 5) is 12.2. The number of amides is 1. The summed E-state index contributed by atoms with van der Waals surface area (Å²) in [6.07, 6.45) is 3.78. The van der Waals surface area contributed by atoms with Crippen LogP contribution in [-0.2, 0) is 11.3 Å². The number of benzene rings is 1. The van der Waals surface area contributed by atoms with Crippen molar-refractivity contribution in [3.8, 4) is 0 Å². The molecule has 0 unspecified atom stereocenters. The molecule has 26 heavy (non-hydrogen) atoms. The van der Waals surface area contributed by atoms with E-state index >= 15 is 0 Å². The van der Waals surface area contributed by atoms with Gasteiger partial charge in [-0.3, -0.25) is 15.6 Å². The molecule has 0 aliphatic heterocycles. The maximum absolute atomic E-state index is 12.2. The van der Waals surface area contributed by atoms with Gasteiger partial charge >= 0.3 is 0 Å². The number of hydrogen-bond acceptors (Lipinski definition) is 3. The Balaban J connectivity index is 1.77. The van der Waals surface area contributed by atoms with Crippen molar-refractivity contribution in [3.63, 3.8) is 0 Å². The summed E-state index contributed by atoms with van der Waals surface area (Å²) in [6.45, 7) is 9.09. The maximum atomic E-state index is 12.2. The van der Waals surface area contributed by atoms with Gasteiger partial charge < -0.3 is 10.1 Å². The molecular weight excluding hydrogens is 346 g/mol. The van der Waals surface area contributed by atoms with E-state index in [1.807, 2.05) is 26.0 Å². The molecule has 3 N–H and O–H groups in total. The van der Waals surface area contributed by atoms with E-state index in [9.17, 15) is 4.79 Å². The van der Waals surface area contributed by atoms with Crippen LogP contribution in [0.1, 0.15) is 62.9 Å². The highest BCUT2D eigenvalue weighted by Crippen LogP contribution is 2.29. The number of ether oxygens (including phenoxy) is 1. The van der Waals surface area contributed by atoms with Gasteiger partial charge in [0.05, 0.1) is 12.7 Å². The second kappa shape index (κ2) is 9.88. The number of thiocarbonyl (C=S) groups is 1. The van der Waals surface area contributed by atoms with Gasteiger partial charge in [0, 0.05) is 11.6 Å². The summed E-state index contributed by atoms with van der Waals surface area (Å²) in [5.74, 6) is 1.05. The number of hydrazine groups is 1. The van der Waals surface area contributed by atoms with E-state index in [2.05, 4.69) is 30.0 Å². The Kier molecular flexibility index (Phi) is 7.85. The highest BCUT2D eigenvalue weighted by Gasteiger charge is 2.27. The second-order valence-electron chi connectivity index (χ2n) is 7.48. The lowest BCUT2D eigenvalue weighted by atomic mass is 9.78. The first-order chi connectivity index (χ1) is 12.4. The predicted molar refractivity (Wildman–Crippen MR) is 109 cm³/mol. The summed E-state index contributed by atoms with van der Waals surface area (Å²) < 4.78 is 5.56. The minimum absolute atomic E-state index is 0.186. The van der Waals surface area contributed by atoms with Crippen molar-refractivity contribution < 1.29 is 9.53 Å². The molecular formula is C20H31N3O2S. The summed E-state index contributed by atoms with van der Waals surface area (Å²) in [5, 5.41) is 3.80. The molecule has 3 atom stereocenters. The average Bonchev–Trinajstić information content (AvgIpc) is 2.62. The van der Waals surface area contributed by atoms with Crippen molar-refractivity contribution in [3.05, 3.63) is 35.4 Å². The van der Waals surface area contributed by atoms with E-state index in [-0.39, 0.29) is 12.0 Å². The summed E-state index contributed by atoms with van der Waals surface area (Å²) in [5.41, 5.74) is 7.09. The summed E-state index contributed by atoms with van der Waals surface area (Å²) in [6, 6.07) is 7.74. The van der Waals surface area contributed by atoms with Gasteiger partial charge in [0.25, 0.3) is 5.91 Å². The predicted octanol–water partition coefficient (Wildman–Crippen LogP) is 3.55. The highest BCUT2D eigenvalue weighted by molar-refractivity contribution is 7.80. The Morgan fingerprint density at radius 1 is 1.19 bits per heavy atom. The van der Waals surface area contributed by atoms with Crippen molar-refractivity contribution in [2.45, 2.75) is 65.7 Å². The van der Waals surface area contributed by atoms with Gasteiger partial charge in [-0.15, -0.1) is 0 Å². The molecule has 1 aliphatic carbocycles. The van der Waals surface area contributed by atoms with Crippen LogP contribution in [0.15, 0.2) is 24.3 Å². The molecule has 6 heteroatoms. The van der Waals surface area contributed by atoms with Gasteiger partial charge in [0.15, 0.2) is 5.11 Å². The fourth-order valence-corrected chi connectivity index (χ4v) is 3.39. The van der Waals surface area contributed by atoms with Crippen LogP contribution in [0.25, 0.3) is 0 Å². The molecule has 1 amide bonds. The lowest BCUT2D eigenvalue weighted by Gasteiger charge is -2.35. The topological polar surface area (TPSA) is 62.4 Å². The largest absolute Gasteiger partial charge is 0.374 e. The fraction of sp³-hybridized carbons (Fsp3) is 0.600. The molecule has 0 heterocycles. The van der Waals surface area contributed by atoms with Gasteiger partial charge in [-0.1, -0.05) is 38.8 Å². The van der Waals surface area contributed by atoms with Crippen molar-refractivity contribution in [1.82, 2.24) is 16.2 Å². The van der Waals surface area contributed by atoms with Crippen molar-refractivity contribution in [2.75, 3.05) is 0 Å². The number of hydrogen-bond donors (Lipinski definition) is 3. The first kappa shape index (κ1) is 20.6. The van der Waals surface area contributed by atoms with Crippen LogP contribution in [0, 0.1) is 11.8 Å². The Hall–Kier alpha value is -1.66. The minimum Gasteiger partial charge on any atom is -0.374 e. The average molecular weight is 378 g/mol. The van der Waals surface area contributed by atoms with Crippen LogP contribution in [0.3, 0.4) is 0 Å². The third-order valence-electron chi connectivity index (χ3n) is 5.11. The van der Waals surface area contributed by atoms with Gasteiger partial charge in [-0.25, -0.2) is 0 Å². The van der Waals surface area contributed by atoms with Crippen LogP contribution >= 0.6 is 12.2 Å². The first-order valence-corrected chi connectivity index (χ1v) is 9.85. The molecule has 2 rings (SSSR count). The third-order valence-corrected chi connectivity index (χ3v) is 5.33. The smallest absolute Gasteiger partial charge is 0.269 e. The second-order valence-corrected chi connectivity index (χ2v) is 7.89. The SMILES string of the molecule is CC(C)OCc1ccc(C(=O)NNC(=S)N[C@@H]2CCC[C@@H](C)[C@H]2C)cc1. The molecule has 0 radical (unpaired) electrons. The third kappa shape index (κ3) is 6.25. The monoisotopic (exact) mass is 377 g/mol. The molecule has 1 saturated carbocycles. The van der Waals surface area contributed by atoms with Crippen LogP contribution in [0.5, 0.6) is 0 Å². The molecule has 0 spiro atoms. The molecule has 0 saturated heterocycles. The number of carbonyl (C=O) groups is 1. The van der Waals surface area contributed by atoms with Gasteiger partial charge in [-0.05, 0) is 62.0 Å². The van der Waals surface area contributed by atoms with E-state index in [1.54, 1.807) is 12.1 Å². The van der Waals surface area contributed by atoms with E-state index in [0.29, 0.717) is 35.2 Å². The standard InChI is InChI=1S/C20H31N3O2S/c1-13(2)25-12-16-8-10-17(11-9-16)19(24)22-23-20(26)21-18-7-5-6-14(3)15(18)4/h8-11,13-15,18H,5-7,12H2,1-4H3,(H,22,24)(H2,21,23,26)/t14-,15-,18-/m1/s1. The lowest BCUT2D eigenvalue weighted by molar-refractivity contribution is 0.0656. The quantitative estimate of drug-likeness (QED) is 0.541. The zero-order chi connectivity index (χ0) is 19.1. The minimum atomic E-state index is -0.212. The van der Waals surface area contributed by atoms with Crippen LogP contribution < -0.4 is 16.2 Å². The Morgan fingerprint density at radius 3 is 2.54 bits per heavy atom. The van der Waals surface area contributed by atoms with Gasteiger partial charge in [0.1, 0.15) is 0 Å². The number of carbonyl (C=O) groups excluding carboxylic acids is 1. The zero-order valence-electron chi connectivity index (χ0n) is 16.2. The van der Waals surface area contributed by atoms with E-state index < -0.39 is 0 Å². The summed E-state index contributed by atoms with van der Waals surface area (Å²) in [7, 11) is 0. The first-order valence-electron chi connectivity index (χ1n) is 9.44. The Labute approximate surface area is 162 Å². The molecule has 5 nitrogen and oxygen atoms in total. The Morgan fingerprint density at radius 2 is 1.88 bits per heavy atom. The number of rotatable bonds is 5. The molecule has 1 fully saturated rings. The van der Waals surface area contributed by atoms with Crippen molar-refractivity contribution in [2.24, 2.45) is 11.8 Å². The molecule has 1 aromatic rings. The Bertz CT molecular complexity index is 604. The van der Waals surface area contributed by atoms with E-state index in [0.717, 1.165) is 12.0 Å². The van der Waals surface area contributed by atoms with Gasteiger partial charge in [-0.2, -0.15) is 0 Å². The molecule has 144 valence electrons. The highest BCUT2D eigenvalue weighted by atomic mass is 32.1. The van der Waals surface area contributed by atoms with Crippen LogP contribution in [0.4, 0.5) is 0 Å². The molecule has 1 aliphatic rings. The molecule has 0 aromatic heterocycles. The zero-order valence-corrected chi connectivity index (χ0v) is 17.0. The van der Waals surface area contributed by atoms with Crippen LogP contribution in [-0.4, -0.2) is 23.2 Å². The van der Waals surface area contributed by atoms with E-state index in [1.165, 1.54) is 12.8 Å². The normalized spacial score (nSPS) is 22.7. The van der Waals surface area contributed by atoms with Gasteiger partial charge in [0.2, 0.25) is 0 Å². The molecule has 1 aromatic carbocycles. The number of nitrogens with one attached hydrogen (secondary N) is 3.